The molecule has 0 heterocycles. The topological polar surface area (TPSA) is 58.9 Å². The number of isocyanates is 2. The second-order valence-corrected chi connectivity index (χ2v) is 2.07. The van der Waals surface area contributed by atoms with Gasteiger partial charge >= 0.3 is 0 Å². The van der Waals surface area contributed by atoms with Crippen LogP contribution in [-0.4, -0.2) is 12.2 Å². The molecule has 10 heavy (non-hydrogen) atoms. The minimum atomic E-state index is 0.767. The van der Waals surface area contributed by atoms with Crippen LogP contribution >= 0.6 is 22.0 Å². The van der Waals surface area contributed by atoms with Crippen molar-refractivity contribution in [1.29, 1.82) is 0 Å². The van der Waals surface area contributed by atoms with Gasteiger partial charge in [0, 0.05) is 0 Å². The van der Waals surface area contributed by atoms with Crippen LogP contribution in [-0.2, 0) is 9.59 Å². The van der Waals surface area contributed by atoms with Crippen LogP contribution in [0.15, 0.2) is 8.80 Å². The molecule has 0 spiro atoms. The molecule has 0 N–H and O–H groups in total. The molecule has 0 fully saturated rings. The van der Waals surface area contributed by atoms with Crippen molar-refractivity contribution in [2.24, 2.45) is 8.80 Å². The Bertz CT molecular complexity index is 131. The Kier molecular flexibility index (Phi) is 19.2. The van der Waals surface area contributed by atoms with Crippen molar-refractivity contribution in [3.63, 3.8) is 0 Å². The van der Waals surface area contributed by atoms with E-state index < -0.39 is 0 Å². The lowest BCUT2D eigenvalue weighted by molar-refractivity contribution is 0.565. The summed E-state index contributed by atoms with van der Waals surface area (Å²) in [6.45, 7) is 4.00. The average Bonchev–Trinajstić information content (AvgIpc) is 2.02. The predicted molar refractivity (Wildman–Crippen MR) is 42.8 cm³/mol. The lowest BCUT2D eigenvalue weighted by Gasteiger charge is -1.70. The molecule has 0 amide bonds. The summed E-state index contributed by atoms with van der Waals surface area (Å²) in [5.74, 6) is 0. The predicted octanol–water partition coefficient (Wildman–Crippen LogP) is 1.90. The quantitative estimate of drug-likeness (QED) is 0.218. The first kappa shape index (κ1) is 12.2. The number of carbonyl (C=O) groups excluding carboxylic acids is 2. The maximum absolute atomic E-state index is 9.30. The fraction of sp³-hybridized carbons (Fsp3) is 0.500. The Hall–Kier alpha value is -0.540. The van der Waals surface area contributed by atoms with Gasteiger partial charge in [0.15, 0.2) is 0 Å². The molecular weight excluding hydrogens is 172 g/mol. The van der Waals surface area contributed by atoms with E-state index in [2.05, 4.69) is 8.80 Å². The van der Waals surface area contributed by atoms with Crippen molar-refractivity contribution in [2.75, 3.05) is 0 Å². The maximum atomic E-state index is 9.30. The molecule has 56 valence electrons. The molecule has 0 unspecified atom stereocenters. The van der Waals surface area contributed by atoms with Gasteiger partial charge in [0.1, 0.15) is 0 Å². The molecule has 0 aliphatic heterocycles. The van der Waals surface area contributed by atoms with Crippen LogP contribution in [0, 0.1) is 0 Å². The van der Waals surface area contributed by atoms with E-state index in [1.165, 1.54) is 12.2 Å². The molecule has 0 rings (SSSR count). The highest BCUT2D eigenvalue weighted by Crippen LogP contribution is 2.21. The first-order valence-corrected chi connectivity index (χ1v) is 4.45. The number of hydrogen-bond acceptors (Lipinski definition) is 6. The molecule has 0 aromatic heterocycles. The monoisotopic (exact) mass is 178 g/mol. The standard InChI is InChI=1S/C2N2O2S2.C2H6/c5-1-3-7-8-4-2-6;1-2/h;1-2H3. The van der Waals surface area contributed by atoms with Crippen LogP contribution in [0.5, 0.6) is 0 Å². The first-order chi connectivity index (χ1) is 4.91. The zero-order valence-corrected chi connectivity index (χ0v) is 7.16. The Balaban J connectivity index is 0. The number of nitrogens with zero attached hydrogens (tertiary/aromatic N) is 2. The van der Waals surface area contributed by atoms with Gasteiger partial charge in [-0.3, -0.25) is 0 Å². The van der Waals surface area contributed by atoms with E-state index >= 15 is 0 Å². The minimum Gasteiger partial charge on any atom is -0.210 e. The van der Waals surface area contributed by atoms with Crippen LogP contribution in [0.1, 0.15) is 13.8 Å². The second kappa shape index (κ2) is 15.8. The van der Waals surface area contributed by atoms with Crippen LogP contribution in [0.3, 0.4) is 0 Å². The minimum absolute atomic E-state index is 0.767. The highest BCUT2D eigenvalue weighted by atomic mass is 33.1. The molecule has 0 saturated heterocycles. The third-order valence-corrected chi connectivity index (χ3v) is 1.19. The van der Waals surface area contributed by atoms with E-state index in [0.29, 0.717) is 0 Å². The fourth-order valence-corrected chi connectivity index (χ4v) is 0.574. The van der Waals surface area contributed by atoms with Crippen LogP contribution in [0.2, 0.25) is 0 Å². The van der Waals surface area contributed by atoms with Crippen molar-refractivity contribution < 1.29 is 9.59 Å². The molecule has 6 heteroatoms. The third-order valence-electron chi connectivity index (χ3n) is 0.182. The van der Waals surface area contributed by atoms with E-state index in [0.717, 1.165) is 22.0 Å². The highest BCUT2D eigenvalue weighted by Gasteiger charge is 1.76. The Morgan fingerprint density at radius 2 is 1.30 bits per heavy atom. The van der Waals surface area contributed by atoms with Crippen LogP contribution < -0.4 is 0 Å². The second-order valence-electron chi connectivity index (χ2n) is 0.514. The summed E-state index contributed by atoms with van der Waals surface area (Å²) in [6, 6.07) is 0. The van der Waals surface area contributed by atoms with E-state index in [9.17, 15) is 9.59 Å². The highest BCUT2D eigenvalue weighted by molar-refractivity contribution is 8.75. The van der Waals surface area contributed by atoms with Gasteiger partial charge in [-0.25, -0.2) is 9.59 Å². The molecule has 0 aromatic carbocycles. The van der Waals surface area contributed by atoms with Crippen molar-refractivity contribution >= 4 is 34.1 Å². The van der Waals surface area contributed by atoms with Gasteiger partial charge in [0.05, 0.1) is 22.0 Å². The van der Waals surface area contributed by atoms with Gasteiger partial charge in [-0.15, -0.1) is 8.80 Å². The molecule has 4 nitrogen and oxygen atoms in total. The zero-order valence-electron chi connectivity index (χ0n) is 5.53. The summed E-state index contributed by atoms with van der Waals surface area (Å²) >= 11 is 0. The number of rotatable bonds is 3. The summed E-state index contributed by atoms with van der Waals surface area (Å²) < 4.78 is 6.02. The van der Waals surface area contributed by atoms with Gasteiger partial charge in [-0.2, -0.15) is 0 Å². The van der Waals surface area contributed by atoms with Gasteiger partial charge in [0.25, 0.3) is 0 Å². The average molecular weight is 178 g/mol. The van der Waals surface area contributed by atoms with Crippen LogP contribution in [0.25, 0.3) is 0 Å². The summed E-state index contributed by atoms with van der Waals surface area (Å²) in [5, 5.41) is 0. The van der Waals surface area contributed by atoms with Gasteiger partial charge in [-0.05, 0) is 0 Å². The van der Waals surface area contributed by atoms with Crippen molar-refractivity contribution in [1.82, 2.24) is 0 Å². The Labute approximate surface area is 66.9 Å². The lowest BCUT2D eigenvalue weighted by Crippen LogP contribution is -1.42. The summed E-state index contributed by atoms with van der Waals surface area (Å²) in [5.41, 5.74) is 0. The van der Waals surface area contributed by atoms with Gasteiger partial charge in [0.2, 0.25) is 12.2 Å². The van der Waals surface area contributed by atoms with Crippen molar-refractivity contribution in [2.45, 2.75) is 13.8 Å². The van der Waals surface area contributed by atoms with Gasteiger partial charge < -0.3 is 0 Å². The normalized spacial score (nSPS) is 5.80. The van der Waals surface area contributed by atoms with Crippen LogP contribution in [0.4, 0.5) is 0 Å². The summed E-state index contributed by atoms with van der Waals surface area (Å²) in [4.78, 5) is 18.6. The Morgan fingerprint density at radius 3 is 1.50 bits per heavy atom. The summed E-state index contributed by atoms with van der Waals surface area (Å²) in [7, 11) is 1.53. The SMILES string of the molecule is CC.O=C=NSSN=C=O. The maximum Gasteiger partial charge on any atom is 0.248 e. The van der Waals surface area contributed by atoms with Crippen molar-refractivity contribution in [3.8, 4) is 0 Å². The Morgan fingerprint density at radius 1 is 1.00 bits per heavy atom. The molecule has 0 aliphatic rings. The third kappa shape index (κ3) is 15.7. The molecule has 0 atom stereocenters. The summed E-state index contributed by atoms with van der Waals surface area (Å²) in [6.07, 6.45) is 2.51. The molecule has 0 aliphatic carbocycles. The van der Waals surface area contributed by atoms with Gasteiger partial charge in [-0.1, -0.05) is 13.8 Å². The molecule has 0 aromatic rings. The zero-order chi connectivity index (χ0) is 8.24. The molecule has 0 bridgehead atoms. The fourth-order valence-electron chi connectivity index (χ4n) is 0.0638. The smallest absolute Gasteiger partial charge is 0.210 e. The van der Waals surface area contributed by atoms with E-state index in [1.807, 2.05) is 13.8 Å². The van der Waals surface area contributed by atoms with E-state index in [-0.39, 0.29) is 0 Å². The van der Waals surface area contributed by atoms with E-state index in [4.69, 9.17) is 0 Å². The van der Waals surface area contributed by atoms with E-state index in [1.54, 1.807) is 0 Å². The lowest BCUT2D eigenvalue weighted by atomic mass is 11.0. The molecular formula is C4H6N2O2S2. The molecule has 0 saturated carbocycles. The van der Waals surface area contributed by atoms with Crippen molar-refractivity contribution in [3.05, 3.63) is 0 Å². The largest absolute Gasteiger partial charge is 0.248 e. The molecule has 0 radical (unpaired) electrons. The first-order valence-electron chi connectivity index (χ1n) is 2.39. The number of hydrogen-bond donors (Lipinski definition) is 0.